The predicted molar refractivity (Wildman–Crippen MR) is 85.9 cm³/mol. The van der Waals surface area contributed by atoms with Gasteiger partial charge in [0, 0.05) is 18.3 Å². The monoisotopic (exact) mass is 335 g/mol. The number of anilines is 2. The Bertz CT molecular complexity index is 844. The summed E-state index contributed by atoms with van der Waals surface area (Å²) in [6.07, 6.45) is 1.81. The number of sulfonamides is 1. The summed E-state index contributed by atoms with van der Waals surface area (Å²) in [5.41, 5.74) is 1.92. The highest BCUT2D eigenvalue weighted by molar-refractivity contribution is 7.92. The Morgan fingerprint density at radius 1 is 1.39 bits per heavy atom. The lowest BCUT2D eigenvalue weighted by Gasteiger charge is -2.23. The molecule has 0 atom stereocenters. The molecule has 23 heavy (non-hydrogen) atoms. The molecular formula is C15H17N3O4S. The molecule has 8 heteroatoms. The molecule has 0 fully saturated rings. The van der Waals surface area contributed by atoms with Crippen molar-refractivity contribution >= 4 is 27.4 Å². The number of hydrogen-bond donors (Lipinski definition) is 0. The van der Waals surface area contributed by atoms with Crippen LogP contribution in [0, 0.1) is 6.92 Å². The van der Waals surface area contributed by atoms with Gasteiger partial charge in [0.05, 0.1) is 6.26 Å². The molecule has 0 bridgehead atoms. The Balaban J connectivity index is 1.85. The molecule has 0 unspecified atom stereocenters. The van der Waals surface area contributed by atoms with E-state index in [0.717, 1.165) is 28.2 Å². The summed E-state index contributed by atoms with van der Waals surface area (Å²) in [6.45, 7) is 1.91. The zero-order chi connectivity index (χ0) is 16.6. The van der Waals surface area contributed by atoms with E-state index in [1.807, 2.05) is 24.3 Å². The molecule has 1 aliphatic heterocycles. The summed E-state index contributed by atoms with van der Waals surface area (Å²) in [5, 5.41) is 3.71. The molecule has 1 aromatic heterocycles. The molecule has 0 saturated carbocycles. The van der Waals surface area contributed by atoms with Crippen LogP contribution in [0.1, 0.15) is 11.3 Å². The van der Waals surface area contributed by atoms with Gasteiger partial charge in [-0.15, -0.1) is 0 Å². The molecule has 7 nitrogen and oxygen atoms in total. The van der Waals surface area contributed by atoms with E-state index in [4.69, 9.17) is 4.52 Å². The number of carbonyl (C=O) groups excluding carboxylic acids is 1. The smallest absolute Gasteiger partial charge is 0.247 e. The van der Waals surface area contributed by atoms with E-state index < -0.39 is 10.0 Å². The molecule has 2 aromatic rings. The lowest BCUT2D eigenvalue weighted by molar-refractivity contribution is -0.117. The van der Waals surface area contributed by atoms with E-state index in [9.17, 15) is 13.2 Å². The standard InChI is InChI=1S/C15H17N3O4S/c1-11-9-14(16-22-11)18(23(2,20)21)10-15(19)17-8-7-12-5-3-4-6-13(12)17/h3-6,9H,7-8,10H2,1-2H3. The molecule has 122 valence electrons. The fourth-order valence-corrected chi connectivity index (χ4v) is 3.42. The van der Waals surface area contributed by atoms with Gasteiger partial charge in [-0.25, -0.2) is 12.7 Å². The summed E-state index contributed by atoms with van der Waals surface area (Å²) in [6, 6.07) is 9.11. The highest BCUT2D eigenvalue weighted by atomic mass is 32.2. The van der Waals surface area contributed by atoms with E-state index in [1.165, 1.54) is 6.07 Å². The maximum absolute atomic E-state index is 12.6. The fourth-order valence-electron chi connectivity index (χ4n) is 2.64. The number of rotatable bonds is 4. The quantitative estimate of drug-likeness (QED) is 0.842. The van der Waals surface area contributed by atoms with Crippen LogP contribution in [0.15, 0.2) is 34.9 Å². The van der Waals surface area contributed by atoms with Crippen LogP contribution in [-0.4, -0.2) is 38.8 Å². The Morgan fingerprint density at radius 2 is 2.13 bits per heavy atom. The number of amides is 1. The minimum Gasteiger partial charge on any atom is -0.360 e. The molecule has 0 aliphatic carbocycles. The zero-order valence-corrected chi connectivity index (χ0v) is 13.7. The first-order valence-corrected chi connectivity index (χ1v) is 9.00. The van der Waals surface area contributed by atoms with Crippen molar-refractivity contribution in [1.82, 2.24) is 5.16 Å². The first-order chi connectivity index (χ1) is 10.9. The Labute approximate surface area is 134 Å². The number of aryl methyl sites for hydroxylation is 1. The second-order valence-electron chi connectivity index (χ2n) is 5.49. The molecule has 0 radical (unpaired) electrons. The van der Waals surface area contributed by atoms with Crippen LogP contribution in [-0.2, 0) is 21.2 Å². The number of nitrogens with zero attached hydrogens (tertiary/aromatic N) is 3. The fraction of sp³-hybridized carbons (Fsp3) is 0.333. The minimum absolute atomic E-state index is 0.117. The second-order valence-corrected chi connectivity index (χ2v) is 7.40. The summed E-state index contributed by atoms with van der Waals surface area (Å²) >= 11 is 0. The van der Waals surface area contributed by atoms with Crippen LogP contribution < -0.4 is 9.21 Å². The van der Waals surface area contributed by atoms with Gasteiger partial charge in [-0.05, 0) is 25.0 Å². The maximum atomic E-state index is 12.6. The van der Waals surface area contributed by atoms with E-state index in [-0.39, 0.29) is 18.3 Å². The van der Waals surface area contributed by atoms with E-state index in [0.29, 0.717) is 12.3 Å². The van der Waals surface area contributed by atoms with Crippen LogP contribution in [0.25, 0.3) is 0 Å². The van der Waals surface area contributed by atoms with Gasteiger partial charge in [0.1, 0.15) is 12.3 Å². The minimum atomic E-state index is -3.64. The van der Waals surface area contributed by atoms with Crippen molar-refractivity contribution in [2.75, 3.05) is 28.6 Å². The number of fused-ring (bicyclic) bond motifs is 1. The third-order valence-electron chi connectivity index (χ3n) is 3.74. The van der Waals surface area contributed by atoms with Crippen LogP contribution >= 0.6 is 0 Å². The number of benzene rings is 1. The third kappa shape index (κ3) is 3.07. The summed E-state index contributed by atoms with van der Waals surface area (Å²) in [5.74, 6) is 0.305. The van der Waals surface area contributed by atoms with Gasteiger partial charge in [0.15, 0.2) is 5.82 Å². The number of carbonyl (C=O) groups is 1. The number of para-hydroxylation sites is 1. The second kappa shape index (κ2) is 5.69. The highest BCUT2D eigenvalue weighted by Gasteiger charge is 2.29. The lowest BCUT2D eigenvalue weighted by Crippen LogP contribution is -2.42. The Hall–Kier alpha value is -2.35. The van der Waals surface area contributed by atoms with Crippen molar-refractivity contribution < 1.29 is 17.7 Å². The van der Waals surface area contributed by atoms with Crippen molar-refractivity contribution in [2.24, 2.45) is 0 Å². The van der Waals surface area contributed by atoms with Crippen molar-refractivity contribution in [3.8, 4) is 0 Å². The lowest BCUT2D eigenvalue weighted by atomic mass is 10.2. The van der Waals surface area contributed by atoms with Crippen molar-refractivity contribution in [1.29, 1.82) is 0 Å². The van der Waals surface area contributed by atoms with Crippen LogP contribution in [0.4, 0.5) is 11.5 Å². The van der Waals surface area contributed by atoms with Crippen molar-refractivity contribution in [3.63, 3.8) is 0 Å². The molecular weight excluding hydrogens is 318 g/mol. The predicted octanol–water partition coefficient (Wildman–Crippen LogP) is 1.34. The molecule has 3 rings (SSSR count). The molecule has 1 amide bonds. The first kappa shape index (κ1) is 15.5. The van der Waals surface area contributed by atoms with E-state index in [2.05, 4.69) is 5.16 Å². The Kier molecular flexibility index (Phi) is 3.85. The average molecular weight is 335 g/mol. The topological polar surface area (TPSA) is 83.7 Å². The third-order valence-corrected chi connectivity index (χ3v) is 4.86. The van der Waals surface area contributed by atoms with Crippen LogP contribution in [0.5, 0.6) is 0 Å². The van der Waals surface area contributed by atoms with Crippen LogP contribution in [0.3, 0.4) is 0 Å². The average Bonchev–Trinajstić information content (AvgIpc) is 3.09. The summed E-state index contributed by atoms with van der Waals surface area (Å²) in [4.78, 5) is 14.2. The molecule has 1 aliphatic rings. The molecule has 0 saturated heterocycles. The summed E-state index contributed by atoms with van der Waals surface area (Å²) < 4.78 is 29.9. The van der Waals surface area contributed by atoms with Gasteiger partial charge in [-0.1, -0.05) is 23.4 Å². The SMILES string of the molecule is Cc1cc(N(CC(=O)N2CCc3ccccc32)S(C)(=O)=O)no1. The van der Waals surface area contributed by atoms with Crippen molar-refractivity contribution in [2.45, 2.75) is 13.3 Å². The van der Waals surface area contributed by atoms with Gasteiger partial charge in [0.25, 0.3) is 0 Å². The number of hydrogen-bond acceptors (Lipinski definition) is 5. The molecule has 0 spiro atoms. The largest absolute Gasteiger partial charge is 0.360 e. The molecule has 1 aromatic carbocycles. The first-order valence-electron chi connectivity index (χ1n) is 7.15. The van der Waals surface area contributed by atoms with Gasteiger partial charge >= 0.3 is 0 Å². The van der Waals surface area contributed by atoms with Gasteiger partial charge in [0.2, 0.25) is 15.9 Å². The molecule has 0 N–H and O–H groups in total. The van der Waals surface area contributed by atoms with E-state index in [1.54, 1.807) is 11.8 Å². The highest BCUT2D eigenvalue weighted by Crippen LogP contribution is 2.28. The summed E-state index contributed by atoms with van der Waals surface area (Å²) in [7, 11) is -3.64. The maximum Gasteiger partial charge on any atom is 0.247 e. The van der Waals surface area contributed by atoms with Gasteiger partial charge < -0.3 is 9.42 Å². The number of aromatic nitrogens is 1. The van der Waals surface area contributed by atoms with Gasteiger partial charge in [-0.2, -0.15) is 0 Å². The van der Waals surface area contributed by atoms with Crippen molar-refractivity contribution in [3.05, 3.63) is 41.7 Å². The molecule has 2 heterocycles. The normalized spacial score (nSPS) is 13.9. The zero-order valence-electron chi connectivity index (χ0n) is 12.9. The van der Waals surface area contributed by atoms with Gasteiger partial charge in [-0.3, -0.25) is 4.79 Å². The Morgan fingerprint density at radius 3 is 2.78 bits per heavy atom. The van der Waals surface area contributed by atoms with Crippen LogP contribution in [0.2, 0.25) is 0 Å². The van der Waals surface area contributed by atoms with E-state index >= 15 is 0 Å².